The quantitative estimate of drug-likeness (QED) is 0.736. The molecule has 0 N–H and O–H groups in total. The van der Waals surface area contributed by atoms with E-state index in [1.165, 1.54) is 17.7 Å². The lowest BCUT2D eigenvalue weighted by molar-refractivity contribution is 0.202. The van der Waals surface area contributed by atoms with Crippen molar-refractivity contribution in [3.05, 3.63) is 35.6 Å². The standard InChI is InChI=1S/C20H31NO3Si/c1-21-12-11-20(15-7-8-17(22-2)18(13-15)23-3)10-9-16(14-19(20)21)24-25(4,5)6/h7-9,13,19H,10-12,14H2,1-6H3/t19-,20-/m0/s1. The van der Waals surface area contributed by atoms with E-state index in [4.69, 9.17) is 13.9 Å². The summed E-state index contributed by atoms with van der Waals surface area (Å²) in [5, 5.41) is 0. The Morgan fingerprint density at radius 1 is 1.12 bits per heavy atom. The van der Waals surface area contributed by atoms with Gasteiger partial charge in [-0.1, -0.05) is 6.07 Å². The number of hydrogen-bond donors (Lipinski definition) is 0. The van der Waals surface area contributed by atoms with Crippen molar-refractivity contribution in [3.63, 3.8) is 0 Å². The number of hydrogen-bond acceptors (Lipinski definition) is 4. The highest BCUT2D eigenvalue weighted by Gasteiger charge is 2.49. The predicted molar refractivity (Wildman–Crippen MR) is 104 cm³/mol. The van der Waals surface area contributed by atoms with Crippen molar-refractivity contribution >= 4 is 8.32 Å². The molecule has 1 aromatic carbocycles. The van der Waals surface area contributed by atoms with Gasteiger partial charge in [-0.05, 0) is 69.8 Å². The third-order valence-corrected chi connectivity index (χ3v) is 6.44. The van der Waals surface area contributed by atoms with Crippen LogP contribution in [0.15, 0.2) is 30.0 Å². The summed E-state index contributed by atoms with van der Waals surface area (Å²) in [6.07, 6.45) is 5.53. The van der Waals surface area contributed by atoms with E-state index >= 15 is 0 Å². The molecule has 2 atom stereocenters. The van der Waals surface area contributed by atoms with Gasteiger partial charge in [-0.3, -0.25) is 0 Å². The average Bonchev–Trinajstić information content (AvgIpc) is 2.91. The largest absolute Gasteiger partial charge is 0.548 e. The van der Waals surface area contributed by atoms with Crippen LogP contribution in [0.5, 0.6) is 11.5 Å². The Hall–Kier alpha value is -1.46. The lowest BCUT2D eigenvalue weighted by Crippen LogP contribution is -2.44. The minimum Gasteiger partial charge on any atom is -0.548 e. The monoisotopic (exact) mass is 361 g/mol. The molecule has 1 aliphatic carbocycles. The molecular formula is C20H31NO3Si. The second-order valence-electron chi connectivity index (χ2n) is 8.27. The number of rotatable bonds is 5. The first kappa shape index (κ1) is 18.3. The van der Waals surface area contributed by atoms with Crippen LogP contribution in [0.4, 0.5) is 0 Å². The highest BCUT2D eigenvalue weighted by atomic mass is 28.4. The van der Waals surface area contributed by atoms with E-state index in [0.29, 0.717) is 6.04 Å². The number of benzene rings is 1. The third-order valence-electron chi connectivity index (χ3n) is 5.56. The van der Waals surface area contributed by atoms with Crippen LogP contribution in [0.3, 0.4) is 0 Å². The molecule has 1 aliphatic heterocycles. The maximum atomic E-state index is 6.33. The molecule has 25 heavy (non-hydrogen) atoms. The van der Waals surface area contributed by atoms with Crippen LogP contribution < -0.4 is 9.47 Å². The summed E-state index contributed by atoms with van der Waals surface area (Å²) in [6, 6.07) is 6.90. The van der Waals surface area contributed by atoms with Gasteiger partial charge in [-0.2, -0.15) is 0 Å². The van der Waals surface area contributed by atoms with E-state index in [1.807, 2.05) is 6.07 Å². The van der Waals surface area contributed by atoms with Gasteiger partial charge in [0.05, 0.1) is 20.0 Å². The van der Waals surface area contributed by atoms with Gasteiger partial charge in [-0.15, -0.1) is 0 Å². The second kappa shape index (κ2) is 6.69. The average molecular weight is 362 g/mol. The molecule has 1 saturated heterocycles. The fraction of sp³-hybridized carbons (Fsp3) is 0.600. The molecule has 0 radical (unpaired) electrons. The van der Waals surface area contributed by atoms with Crippen molar-refractivity contribution < 1.29 is 13.9 Å². The van der Waals surface area contributed by atoms with E-state index in [-0.39, 0.29) is 5.41 Å². The molecule has 138 valence electrons. The van der Waals surface area contributed by atoms with E-state index in [0.717, 1.165) is 30.9 Å². The predicted octanol–water partition coefficient (Wildman–Crippen LogP) is 4.17. The molecule has 5 heteroatoms. The topological polar surface area (TPSA) is 30.9 Å². The molecule has 2 aliphatic rings. The highest BCUT2D eigenvalue weighted by molar-refractivity contribution is 6.70. The molecule has 1 aromatic rings. The molecule has 0 aromatic heterocycles. The normalized spacial score (nSPS) is 26.8. The van der Waals surface area contributed by atoms with Gasteiger partial charge in [0.15, 0.2) is 11.5 Å². The van der Waals surface area contributed by atoms with Gasteiger partial charge in [0, 0.05) is 17.9 Å². The Kier molecular flexibility index (Phi) is 4.90. The Labute approximate surface area is 152 Å². The summed E-state index contributed by atoms with van der Waals surface area (Å²) in [6.45, 7) is 7.88. The number of fused-ring (bicyclic) bond motifs is 1. The summed E-state index contributed by atoms with van der Waals surface area (Å²) in [5.41, 5.74) is 1.49. The lowest BCUT2D eigenvalue weighted by Gasteiger charge is -2.42. The number of likely N-dealkylation sites (tertiary alicyclic amines) is 1. The fourth-order valence-corrected chi connectivity index (χ4v) is 5.31. The number of methoxy groups -OCH3 is 2. The Bertz CT molecular complexity index is 667. The van der Waals surface area contributed by atoms with Crippen LogP contribution in [0.1, 0.15) is 24.8 Å². The van der Waals surface area contributed by atoms with E-state index in [1.54, 1.807) is 14.2 Å². The third kappa shape index (κ3) is 3.44. The van der Waals surface area contributed by atoms with E-state index in [9.17, 15) is 0 Å². The van der Waals surface area contributed by atoms with Crippen LogP contribution in [0.2, 0.25) is 19.6 Å². The van der Waals surface area contributed by atoms with Crippen molar-refractivity contribution in [2.75, 3.05) is 27.8 Å². The summed E-state index contributed by atoms with van der Waals surface area (Å²) in [7, 11) is 4.07. The minimum atomic E-state index is -1.56. The van der Waals surface area contributed by atoms with Crippen molar-refractivity contribution in [3.8, 4) is 11.5 Å². The van der Waals surface area contributed by atoms with Gasteiger partial charge < -0.3 is 18.8 Å². The van der Waals surface area contributed by atoms with Gasteiger partial charge in [-0.25, -0.2) is 0 Å². The molecule has 0 bridgehead atoms. The van der Waals surface area contributed by atoms with Gasteiger partial charge in [0.2, 0.25) is 8.32 Å². The van der Waals surface area contributed by atoms with Gasteiger partial charge in [0.25, 0.3) is 0 Å². The first-order valence-corrected chi connectivity index (χ1v) is 12.5. The zero-order valence-corrected chi connectivity index (χ0v) is 17.4. The SMILES string of the molecule is COc1ccc([C@@]23CC=C(O[Si](C)(C)C)C[C@@H]2N(C)CC3)cc1OC. The maximum Gasteiger partial charge on any atom is 0.241 e. The highest BCUT2D eigenvalue weighted by Crippen LogP contribution is 2.49. The Morgan fingerprint density at radius 2 is 1.84 bits per heavy atom. The van der Waals surface area contributed by atoms with Crippen molar-refractivity contribution in [1.82, 2.24) is 4.90 Å². The molecular weight excluding hydrogens is 330 g/mol. The van der Waals surface area contributed by atoms with Crippen molar-refractivity contribution in [2.24, 2.45) is 0 Å². The number of nitrogens with zero attached hydrogens (tertiary/aromatic N) is 1. The first-order chi connectivity index (χ1) is 11.8. The number of allylic oxidation sites excluding steroid dienone is 1. The molecule has 3 rings (SSSR count). The molecule has 0 saturated carbocycles. The van der Waals surface area contributed by atoms with Crippen LogP contribution in [0.25, 0.3) is 0 Å². The maximum absolute atomic E-state index is 6.33. The van der Waals surface area contributed by atoms with Crippen LogP contribution in [-0.2, 0) is 9.84 Å². The fourth-order valence-electron chi connectivity index (χ4n) is 4.36. The Balaban J connectivity index is 1.96. The molecule has 1 fully saturated rings. The smallest absolute Gasteiger partial charge is 0.241 e. The lowest BCUT2D eigenvalue weighted by atomic mass is 9.68. The minimum absolute atomic E-state index is 0.139. The summed E-state index contributed by atoms with van der Waals surface area (Å²) in [4.78, 5) is 2.50. The second-order valence-corrected chi connectivity index (χ2v) is 12.7. The van der Waals surface area contributed by atoms with Crippen molar-refractivity contribution in [1.29, 1.82) is 0 Å². The molecule has 0 unspecified atom stereocenters. The summed E-state index contributed by atoms with van der Waals surface area (Å²) in [5.74, 6) is 2.80. The summed E-state index contributed by atoms with van der Waals surface area (Å²) >= 11 is 0. The Morgan fingerprint density at radius 3 is 2.48 bits per heavy atom. The van der Waals surface area contributed by atoms with Crippen molar-refractivity contribution in [2.45, 2.75) is 50.4 Å². The van der Waals surface area contributed by atoms with Gasteiger partial charge in [0.1, 0.15) is 0 Å². The molecule has 0 amide bonds. The first-order valence-electron chi connectivity index (χ1n) is 9.10. The van der Waals surface area contributed by atoms with Gasteiger partial charge >= 0.3 is 0 Å². The molecule has 1 heterocycles. The van der Waals surface area contributed by atoms with Crippen LogP contribution in [0, 0.1) is 0 Å². The van der Waals surface area contributed by atoms with Crippen LogP contribution >= 0.6 is 0 Å². The summed E-state index contributed by atoms with van der Waals surface area (Å²) < 4.78 is 17.3. The zero-order chi connectivity index (χ0) is 18.2. The molecule has 4 nitrogen and oxygen atoms in total. The number of ether oxygens (including phenoxy) is 2. The molecule has 0 spiro atoms. The van der Waals surface area contributed by atoms with E-state index in [2.05, 4.69) is 49.8 Å². The number of likely N-dealkylation sites (N-methyl/N-ethyl adjacent to an activating group) is 1. The van der Waals surface area contributed by atoms with Crippen LogP contribution in [-0.4, -0.2) is 47.1 Å². The van der Waals surface area contributed by atoms with E-state index < -0.39 is 8.32 Å². The zero-order valence-electron chi connectivity index (χ0n) is 16.4.